The molecule has 1 N–H and O–H groups in total. The summed E-state index contributed by atoms with van der Waals surface area (Å²) in [5.74, 6) is -0.439. The van der Waals surface area contributed by atoms with Crippen LogP contribution in [0.15, 0.2) is 46.1 Å². The minimum Gasteiger partial charge on any atom is -0.383 e. The Bertz CT molecular complexity index is 1030. The summed E-state index contributed by atoms with van der Waals surface area (Å²) in [6.07, 6.45) is 0. The Balaban J connectivity index is 1.62. The van der Waals surface area contributed by atoms with Crippen LogP contribution in [0, 0.1) is 0 Å². The Morgan fingerprint density at radius 2 is 1.87 bits per heavy atom. The van der Waals surface area contributed by atoms with Crippen LogP contribution in [0.3, 0.4) is 0 Å². The molecule has 0 bridgehead atoms. The first-order chi connectivity index (χ1) is 14.4. The summed E-state index contributed by atoms with van der Waals surface area (Å²) in [6.45, 7) is 2.18. The molecule has 11 heteroatoms. The number of carbonyl (C=O) groups excluding carboxylic acids is 1. The Hall–Kier alpha value is -2.60. The Kier molecular flexibility index (Phi) is 7.32. The van der Waals surface area contributed by atoms with Crippen molar-refractivity contribution >= 4 is 15.9 Å². The highest BCUT2D eigenvalue weighted by atomic mass is 32.2. The molecule has 1 aliphatic rings. The van der Waals surface area contributed by atoms with Crippen molar-refractivity contribution in [2.75, 3.05) is 40.0 Å². The number of benzene rings is 1. The van der Waals surface area contributed by atoms with Gasteiger partial charge in [0.15, 0.2) is 0 Å². The molecule has 2 aromatic rings. The van der Waals surface area contributed by atoms with E-state index in [4.69, 9.17) is 9.47 Å². The van der Waals surface area contributed by atoms with E-state index in [-0.39, 0.29) is 29.2 Å². The maximum atomic E-state index is 12.6. The summed E-state index contributed by atoms with van der Waals surface area (Å²) in [6, 6.07) is 8.99. The number of amides is 1. The summed E-state index contributed by atoms with van der Waals surface area (Å²) in [7, 11) is -2.04. The van der Waals surface area contributed by atoms with E-state index in [1.165, 1.54) is 40.4 Å². The van der Waals surface area contributed by atoms with Gasteiger partial charge in [0.1, 0.15) is 5.69 Å². The number of rotatable bonds is 8. The molecule has 3 rings (SSSR count). The Morgan fingerprint density at radius 1 is 1.17 bits per heavy atom. The third-order valence-corrected chi connectivity index (χ3v) is 6.50. The zero-order chi connectivity index (χ0) is 21.6. The van der Waals surface area contributed by atoms with Crippen LogP contribution in [0.5, 0.6) is 0 Å². The number of nitrogens with one attached hydrogen (secondary N) is 1. The minimum atomic E-state index is -3.56. The molecule has 30 heavy (non-hydrogen) atoms. The number of nitrogens with zero attached hydrogens (tertiary/aromatic N) is 3. The fourth-order valence-corrected chi connectivity index (χ4v) is 4.30. The first-order valence-corrected chi connectivity index (χ1v) is 10.9. The maximum absolute atomic E-state index is 12.6. The fourth-order valence-electron chi connectivity index (χ4n) is 2.90. The predicted molar refractivity (Wildman–Crippen MR) is 108 cm³/mol. The van der Waals surface area contributed by atoms with Crippen LogP contribution >= 0.6 is 0 Å². The molecule has 10 nitrogen and oxygen atoms in total. The Morgan fingerprint density at radius 3 is 2.53 bits per heavy atom. The molecule has 1 amide bonds. The molecule has 0 unspecified atom stereocenters. The first kappa shape index (κ1) is 22.1. The normalized spacial score (nSPS) is 15.1. The van der Waals surface area contributed by atoms with Crippen molar-refractivity contribution < 1.29 is 22.7 Å². The molecule has 0 radical (unpaired) electrons. The van der Waals surface area contributed by atoms with Crippen LogP contribution < -0.4 is 10.9 Å². The van der Waals surface area contributed by atoms with Gasteiger partial charge in [-0.3, -0.25) is 9.59 Å². The van der Waals surface area contributed by atoms with Gasteiger partial charge in [-0.15, -0.1) is 0 Å². The third kappa shape index (κ3) is 5.30. The number of aromatic nitrogens is 2. The van der Waals surface area contributed by atoms with Gasteiger partial charge >= 0.3 is 0 Å². The van der Waals surface area contributed by atoms with Crippen molar-refractivity contribution in [3.8, 4) is 0 Å². The zero-order valence-electron chi connectivity index (χ0n) is 16.6. The second-order valence-corrected chi connectivity index (χ2v) is 8.55. The van der Waals surface area contributed by atoms with Gasteiger partial charge in [0.25, 0.3) is 11.5 Å². The van der Waals surface area contributed by atoms with Crippen molar-refractivity contribution in [1.29, 1.82) is 0 Å². The van der Waals surface area contributed by atoms with E-state index in [1.807, 2.05) is 0 Å². The lowest BCUT2D eigenvalue weighted by molar-refractivity contribution is 0.0730. The smallest absolute Gasteiger partial charge is 0.271 e. The molecule has 1 aliphatic heterocycles. The number of morpholine rings is 1. The molecule has 1 saturated heterocycles. The standard InChI is InChI=1S/C19H24N4O6S/c1-28-11-10-23-18(24)7-6-17(21-23)19(25)20-14-15-2-4-16(5-3-15)30(26,27)22-8-12-29-13-9-22/h2-7H,8-14H2,1H3,(H,20,25). The minimum absolute atomic E-state index is 0.109. The summed E-state index contributed by atoms with van der Waals surface area (Å²) < 4.78 is 38.0. The van der Waals surface area contributed by atoms with Gasteiger partial charge in [-0.05, 0) is 23.8 Å². The molecule has 0 spiro atoms. The number of hydrogen-bond donors (Lipinski definition) is 1. The molecule has 1 fully saturated rings. The second kappa shape index (κ2) is 9.94. The average Bonchev–Trinajstić information content (AvgIpc) is 2.77. The predicted octanol–water partition coefficient (Wildman–Crippen LogP) is -0.159. The molecule has 0 saturated carbocycles. The summed E-state index contributed by atoms with van der Waals surface area (Å²) in [5.41, 5.74) is 0.523. The maximum Gasteiger partial charge on any atom is 0.271 e. The van der Waals surface area contributed by atoms with Crippen LogP contribution in [-0.4, -0.2) is 68.4 Å². The van der Waals surface area contributed by atoms with Crippen LogP contribution in [0.25, 0.3) is 0 Å². The van der Waals surface area contributed by atoms with Crippen molar-refractivity contribution in [1.82, 2.24) is 19.4 Å². The molecular formula is C19H24N4O6S. The van der Waals surface area contributed by atoms with Gasteiger partial charge < -0.3 is 14.8 Å². The van der Waals surface area contributed by atoms with Gasteiger partial charge in [0.2, 0.25) is 10.0 Å². The number of sulfonamides is 1. The highest BCUT2D eigenvalue weighted by Gasteiger charge is 2.26. The van der Waals surface area contributed by atoms with Crippen LogP contribution in [0.1, 0.15) is 16.1 Å². The number of ether oxygens (including phenoxy) is 2. The topological polar surface area (TPSA) is 120 Å². The van der Waals surface area contributed by atoms with Crippen LogP contribution in [-0.2, 0) is 32.6 Å². The molecule has 0 aliphatic carbocycles. The van der Waals surface area contributed by atoms with E-state index < -0.39 is 15.9 Å². The molecule has 1 aromatic carbocycles. The number of hydrogen-bond acceptors (Lipinski definition) is 7. The molecule has 162 valence electrons. The molecule has 2 heterocycles. The van der Waals surface area contributed by atoms with Gasteiger partial charge in [-0.1, -0.05) is 12.1 Å². The molecule has 0 atom stereocenters. The lowest BCUT2D eigenvalue weighted by Crippen LogP contribution is -2.40. The fraction of sp³-hybridized carbons (Fsp3) is 0.421. The zero-order valence-corrected chi connectivity index (χ0v) is 17.4. The number of carbonyl (C=O) groups is 1. The van der Waals surface area contributed by atoms with Crippen molar-refractivity contribution in [3.05, 3.63) is 58.0 Å². The van der Waals surface area contributed by atoms with Crippen LogP contribution in [0.2, 0.25) is 0 Å². The summed E-state index contributed by atoms with van der Waals surface area (Å²) in [4.78, 5) is 24.3. The largest absolute Gasteiger partial charge is 0.383 e. The van der Waals surface area contributed by atoms with E-state index >= 15 is 0 Å². The lowest BCUT2D eigenvalue weighted by Gasteiger charge is -2.26. The summed E-state index contributed by atoms with van der Waals surface area (Å²) >= 11 is 0. The highest BCUT2D eigenvalue weighted by molar-refractivity contribution is 7.89. The van der Waals surface area contributed by atoms with Gasteiger partial charge in [0.05, 0.1) is 31.3 Å². The lowest BCUT2D eigenvalue weighted by atomic mass is 10.2. The third-order valence-electron chi connectivity index (χ3n) is 4.59. The average molecular weight is 436 g/mol. The van der Waals surface area contributed by atoms with Crippen molar-refractivity contribution in [2.24, 2.45) is 0 Å². The van der Waals surface area contributed by atoms with Crippen LogP contribution in [0.4, 0.5) is 0 Å². The van der Waals surface area contributed by atoms with Gasteiger partial charge in [0, 0.05) is 32.8 Å². The van der Waals surface area contributed by atoms with Crippen molar-refractivity contribution in [3.63, 3.8) is 0 Å². The highest BCUT2D eigenvalue weighted by Crippen LogP contribution is 2.17. The molecular weight excluding hydrogens is 412 g/mol. The SMILES string of the molecule is COCCn1nc(C(=O)NCc2ccc(S(=O)(=O)N3CCOCC3)cc2)ccc1=O. The first-order valence-electron chi connectivity index (χ1n) is 9.44. The van der Waals surface area contributed by atoms with E-state index in [2.05, 4.69) is 10.4 Å². The van der Waals surface area contributed by atoms with E-state index in [0.29, 0.717) is 32.9 Å². The summed E-state index contributed by atoms with van der Waals surface area (Å²) in [5, 5.41) is 6.75. The Labute approximate surface area is 174 Å². The monoisotopic (exact) mass is 436 g/mol. The van der Waals surface area contributed by atoms with E-state index in [9.17, 15) is 18.0 Å². The van der Waals surface area contributed by atoms with E-state index in [0.717, 1.165) is 5.56 Å². The second-order valence-electron chi connectivity index (χ2n) is 6.62. The quantitative estimate of drug-likeness (QED) is 0.611. The van der Waals surface area contributed by atoms with Crippen molar-refractivity contribution in [2.45, 2.75) is 18.0 Å². The number of methoxy groups -OCH3 is 1. The van der Waals surface area contributed by atoms with Gasteiger partial charge in [-0.2, -0.15) is 9.40 Å². The van der Waals surface area contributed by atoms with E-state index in [1.54, 1.807) is 12.1 Å². The van der Waals surface area contributed by atoms with Gasteiger partial charge in [-0.25, -0.2) is 13.1 Å². The molecule has 1 aromatic heterocycles.